The van der Waals surface area contributed by atoms with E-state index in [-0.39, 0.29) is 34.5 Å². The van der Waals surface area contributed by atoms with Gasteiger partial charge in [-0.3, -0.25) is 4.79 Å². The number of hydrogen-bond acceptors (Lipinski definition) is 6. The molecule has 1 aliphatic carbocycles. The molecule has 0 amide bonds. The number of nitrogens with zero attached hydrogens (tertiary/aromatic N) is 3. The second-order valence-corrected chi connectivity index (χ2v) is 7.28. The number of benzene rings is 1. The quantitative estimate of drug-likeness (QED) is 0.789. The Bertz CT molecular complexity index is 1020. The molecule has 0 atom stereocenters. The Hall–Kier alpha value is -2.97. The lowest BCUT2D eigenvalue weighted by atomic mass is 10.0. The van der Waals surface area contributed by atoms with Gasteiger partial charge in [0, 0.05) is 25.3 Å². The maximum atomic E-state index is 15.1. The first-order chi connectivity index (χ1) is 13.5. The zero-order valence-corrected chi connectivity index (χ0v) is 15.4. The first-order valence-electron chi connectivity index (χ1n) is 9.22. The van der Waals surface area contributed by atoms with Gasteiger partial charge in [0.2, 0.25) is 5.43 Å². The molecule has 28 heavy (non-hydrogen) atoms. The van der Waals surface area contributed by atoms with Gasteiger partial charge in [-0.1, -0.05) is 5.18 Å². The lowest BCUT2D eigenvalue weighted by molar-refractivity contribution is 0.0695. The molecule has 1 aromatic heterocycles. The highest BCUT2D eigenvalue weighted by Gasteiger charge is 2.32. The second kappa shape index (κ2) is 6.88. The predicted octanol–water partition coefficient (Wildman–Crippen LogP) is 2.92. The third-order valence-corrected chi connectivity index (χ3v) is 5.50. The molecule has 0 bridgehead atoms. The Balaban J connectivity index is 1.96. The molecule has 2 fully saturated rings. The van der Waals surface area contributed by atoms with Gasteiger partial charge in [-0.15, -0.1) is 0 Å². The van der Waals surface area contributed by atoms with Crippen molar-refractivity contribution >= 4 is 22.6 Å². The van der Waals surface area contributed by atoms with Crippen molar-refractivity contribution in [1.82, 2.24) is 4.57 Å². The van der Waals surface area contributed by atoms with Gasteiger partial charge >= 0.3 is 5.97 Å². The molecule has 2 heterocycles. The first kappa shape index (κ1) is 18.4. The van der Waals surface area contributed by atoms with Crippen LogP contribution in [0.25, 0.3) is 10.9 Å². The molecule has 2 aromatic rings. The fourth-order valence-corrected chi connectivity index (χ4v) is 3.92. The maximum absolute atomic E-state index is 15.1. The molecule has 4 rings (SSSR count). The van der Waals surface area contributed by atoms with Crippen molar-refractivity contribution in [2.75, 3.05) is 25.1 Å². The second-order valence-electron chi connectivity index (χ2n) is 7.28. The number of piperidine rings is 1. The molecule has 0 spiro atoms. The molecular formula is C19H20FN3O5. The molecule has 1 N–H and O–H groups in total. The van der Waals surface area contributed by atoms with E-state index in [1.165, 1.54) is 13.3 Å². The van der Waals surface area contributed by atoms with E-state index in [1.54, 1.807) is 9.47 Å². The molecule has 0 radical (unpaired) electrons. The lowest BCUT2D eigenvalue weighted by Crippen LogP contribution is -2.36. The van der Waals surface area contributed by atoms with E-state index in [2.05, 4.69) is 5.18 Å². The number of fused-ring (bicyclic) bond motifs is 1. The van der Waals surface area contributed by atoms with Crippen molar-refractivity contribution in [3.8, 4) is 5.75 Å². The van der Waals surface area contributed by atoms with E-state index in [4.69, 9.17) is 4.74 Å². The lowest BCUT2D eigenvalue weighted by Gasteiger charge is -2.32. The number of aromatic nitrogens is 1. The fraction of sp³-hybridized carbons (Fsp3) is 0.474. The number of nitroso groups, excluding NO2 is 1. The van der Waals surface area contributed by atoms with E-state index in [0.29, 0.717) is 31.4 Å². The molecule has 8 nitrogen and oxygen atoms in total. The number of rotatable bonds is 5. The van der Waals surface area contributed by atoms with Crippen LogP contribution in [0.2, 0.25) is 0 Å². The van der Waals surface area contributed by atoms with Crippen LogP contribution in [-0.4, -0.2) is 41.9 Å². The van der Waals surface area contributed by atoms with Crippen molar-refractivity contribution in [3.63, 3.8) is 0 Å². The van der Waals surface area contributed by atoms with Crippen LogP contribution in [0, 0.1) is 10.7 Å². The topological polar surface area (TPSA) is 101 Å². The number of halogens is 1. The Morgan fingerprint density at radius 2 is 1.96 bits per heavy atom. The average molecular weight is 389 g/mol. The van der Waals surface area contributed by atoms with Crippen LogP contribution in [0.15, 0.2) is 22.2 Å². The van der Waals surface area contributed by atoms with Crippen molar-refractivity contribution in [2.24, 2.45) is 5.18 Å². The van der Waals surface area contributed by atoms with Gasteiger partial charge in [0.15, 0.2) is 11.6 Å². The minimum absolute atomic E-state index is 0.00524. The molecule has 1 saturated heterocycles. The summed E-state index contributed by atoms with van der Waals surface area (Å²) in [5, 5.41) is 12.4. The van der Waals surface area contributed by atoms with E-state index in [1.807, 2.05) is 0 Å². The number of carboxylic acid groups (broad SMARTS) is 1. The third-order valence-electron chi connectivity index (χ3n) is 5.50. The summed E-state index contributed by atoms with van der Waals surface area (Å²) in [5.41, 5.74) is -0.471. The monoisotopic (exact) mass is 389 g/mol. The van der Waals surface area contributed by atoms with Crippen LogP contribution < -0.4 is 15.1 Å². The van der Waals surface area contributed by atoms with Crippen LogP contribution in [0.5, 0.6) is 5.75 Å². The number of aromatic carboxylic acids is 1. The number of pyridine rings is 1. The summed E-state index contributed by atoms with van der Waals surface area (Å²) in [7, 11) is 1.41. The van der Waals surface area contributed by atoms with E-state index < -0.39 is 17.2 Å². The van der Waals surface area contributed by atoms with Crippen LogP contribution in [0.1, 0.15) is 42.1 Å². The summed E-state index contributed by atoms with van der Waals surface area (Å²) in [6.07, 6.45) is 4.05. The molecule has 2 aliphatic rings. The van der Waals surface area contributed by atoms with Crippen LogP contribution >= 0.6 is 0 Å². The summed E-state index contributed by atoms with van der Waals surface area (Å²) in [6, 6.07) is 0.872. The van der Waals surface area contributed by atoms with Gasteiger partial charge in [0.1, 0.15) is 11.3 Å². The SMILES string of the molecule is COc1c(N2CCC(N=O)CC2)c(F)cc2c(=O)c(C(=O)O)cn(C3CC3)c12. The summed E-state index contributed by atoms with van der Waals surface area (Å²) < 4.78 is 22.4. The Morgan fingerprint density at radius 1 is 1.29 bits per heavy atom. The largest absolute Gasteiger partial charge is 0.492 e. The van der Waals surface area contributed by atoms with Crippen molar-refractivity contribution < 1.29 is 19.0 Å². The van der Waals surface area contributed by atoms with Gasteiger partial charge in [-0.2, -0.15) is 4.91 Å². The predicted molar refractivity (Wildman–Crippen MR) is 101 cm³/mol. The molecular weight excluding hydrogens is 369 g/mol. The minimum Gasteiger partial charge on any atom is -0.492 e. The normalized spacial score (nSPS) is 17.7. The van der Waals surface area contributed by atoms with Gasteiger partial charge in [0.25, 0.3) is 0 Å². The third kappa shape index (κ3) is 2.90. The van der Waals surface area contributed by atoms with Crippen LogP contribution in [-0.2, 0) is 0 Å². The number of carboxylic acids is 1. The van der Waals surface area contributed by atoms with E-state index in [0.717, 1.165) is 18.9 Å². The van der Waals surface area contributed by atoms with Crippen molar-refractivity contribution in [3.05, 3.63) is 38.8 Å². The maximum Gasteiger partial charge on any atom is 0.341 e. The smallest absolute Gasteiger partial charge is 0.341 e. The number of anilines is 1. The fourth-order valence-electron chi connectivity index (χ4n) is 3.92. The van der Waals surface area contributed by atoms with Crippen molar-refractivity contribution in [1.29, 1.82) is 0 Å². The van der Waals surface area contributed by atoms with Gasteiger partial charge in [-0.05, 0) is 31.7 Å². The van der Waals surface area contributed by atoms with E-state index in [9.17, 15) is 19.6 Å². The summed E-state index contributed by atoms with van der Waals surface area (Å²) in [5.74, 6) is -1.77. The summed E-state index contributed by atoms with van der Waals surface area (Å²) >= 11 is 0. The molecule has 1 aliphatic heterocycles. The van der Waals surface area contributed by atoms with Crippen LogP contribution in [0.4, 0.5) is 10.1 Å². The highest BCUT2D eigenvalue weighted by Crippen LogP contribution is 2.44. The molecule has 1 saturated carbocycles. The van der Waals surface area contributed by atoms with E-state index >= 15 is 4.39 Å². The molecule has 0 unspecified atom stereocenters. The number of ether oxygens (including phenoxy) is 1. The highest BCUT2D eigenvalue weighted by atomic mass is 19.1. The standard InChI is InChI=1S/C19H20FN3O5/c1-28-18-15-12(17(24)13(19(25)26)9-23(15)11-2-3-11)8-14(20)16(18)22-6-4-10(21-27)5-7-22/h8-11H,2-7H2,1H3,(H,25,26). The Labute approximate surface area is 159 Å². The van der Waals surface area contributed by atoms with Gasteiger partial charge < -0.3 is 19.3 Å². The minimum atomic E-state index is -1.34. The zero-order valence-electron chi connectivity index (χ0n) is 15.4. The summed E-state index contributed by atoms with van der Waals surface area (Å²) in [4.78, 5) is 36.7. The number of carbonyl (C=O) groups is 1. The average Bonchev–Trinajstić information content (AvgIpc) is 3.52. The van der Waals surface area contributed by atoms with Gasteiger partial charge in [0.05, 0.1) is 24.1 Å². The molecule has 148 valence electrons. The number of hydrogen-bond donors (Lipinski definition) is 1. The Morgan fingerprint density at radius 3 is 2.50 bits per heavy atom. The summed E-state index contributed by atoms with van der Waals surface area (Å²) in [6.45, 7) is 0.881. The Kier molecular flexibility index (Phi) is 4.52. The highest BCUT2D eigenvalue weighted by molar-refractivity contribution is 5.97. The van der Waals surface area contributed by atoms with Gasteiger partial charge in [-0.25, -0.2) is 9.18 Å². The number of methoxy groups -OCH3 is 1. The zero-order chi connectivity index (χ0) is 20.0. The molecule has 9 heteroatoms. The first-order valence-corrected chi connectivity index (χ1v) is 9.22. The van der Waals surface area contributed by atoms with Crippen molar-refractivity contribution in [2.45, 2.75) is 37.8 Å². The molecule has 1 aromatic carbocycles. The van der Waals surface area contributed by atoms with Crippen LogP contribution in [0.3, 0.4) is 0 Å².